The van der Waals surface area contributed by atoms with E-state index in [2.05, 4.69) is 17.6 Å². The molecule has 1 atom stereocenters. The Kier molecular flexibility index (Phi) is 3.52. The molecule has 13 heavy (non-hydrogen) atoms. The molecule has 0 saturated heterocycles. The maximum Gasteiger partial charge on any atom is 0.335 e. The van der Waals surface area contributed by atoms with Gasteiger partial charge in [-0.1, -0.05) is 6.92 Å². The van der Waals surface area contributed by atoms with E-state index < -0.39 is 5.97 Å². The Morgan fingerprint density at radius 3 is 3.15 bits per heavy atom. The lowest BCUT2D eigenvalue weighted by atomic mass is 10.2. The summed E-state index contributed by atoms with van der Waals surface area (Å²) in [5, 5.41) is 14.9. The van der Waals surface area contributed by atoms with E-state index in [0.717, 1.165) is 13.0 Å². The van der Waals surface area contributed by atoms with Crippen LogP contribution in [0.15, 0.2) is 23.9 Å². The van der Waals surface area contributed by atoms with Crippen LogP contribution in [0.25, 0.3) is 0 Å². The van der Waals surface area contributed by atoms with Gasteiger partial charge in [-0.25, -0.2) is 4.79 Å². The first-order chi connectivity index (χ1) is 6.24. The Labute approximate surface area is 77.3 Å². The van der Waals surface area contributed by atoms with Gasteiger partial charge in [0.2, 0.25) is 0 Å². The van der Waals surface area contributed by atoms with Gasteiger partial charge in [-0.05, 0) is 31.3 Å². The minimum atomic E-state index is -0.888. The SMILES string of the molecule is CCCNC1C=C(C(=O)O)C=CN1. The number of hydrogen-bond acceptors (Lipinski definition) is 3. The van der Waals surface area contributed by atoms with Gasteiger partial charge in [-0.3, -0.25) is 5.32 Å². The molecule has 4 heteroatoms. The first-order valence-electron chi connectivity index (χ1n) is 4.35. The topological polar surface area (TPSA) is 61.4 Å². The predicted molar refractivity (Wildman–Crippen MR) is 50.1 cm³/mol. The summed E-state index contributed by atoms with van der Waals surface area (Å²) in [6.45, 7) is 2.93. The second-order valence-corrected chi connectivity index (χ2v) is 2.86. The molecule has 4 nitrogen and oxygen atoms in total. The van der Waals surface area contributed by atoms with E-state index in [1.54, 1.807) is 18.4 Å². The first kappa shape index (κ1) is 9.80. The van der Waals surface area contributed by atoms with Crippen LogP contribution in [0.5, 0.6) is 0 Å². The largest absolute Gasteiger partial charge is 0.478 e. The molecule has 0 aliphatic carbocycles. The lowest BCUT2D eigenvalue weighted by Crippen LogP contribution is -2.40. The van der Waals surface area contributed by atoms with Crippen LogP contribution < -0.4 is 10.6 Å². The van der Waals surface area contributed by atoms with Gasteiger partial charge < -0.3 is 10.4 Å². The van der Waals surface area contributed by atoms with Crippen LogP contribution in [0.3, 0.4) is 0 Å². The van der Waals surface area contributed by atoms with Crippen molar-refractivity contribution < 1.29 is 9.90 Å². The van der Waals surface area contributed by atoms with Gasteiger partial charge >= 0.3 is 5.97 Å². The zero-order valence-electron chi connectivity index (χ0n) is 7.58. The molecule has 1 aliphatic heterocycles. The van der Waals surface area contributed by atoms with Crippen LogP contribution >= 0.6 is 0 Å². The lowest BCUT2D eigenvalue weighted by molar-refractivity contribution is -0.132. The van der Waals surface area contributed by atoms with Crippen molar-refractivity contribution in [1.82, 2.24) is 10.6 Å². The van der Waals surface area contributed by atoms with Crippen molar-refractivity contribution in [1.29, 1.82) is 0 Å². The number of carbonyl (C=O) groups is 1. The van der Waals surface area contributed by atoms with Crippen molar-refractivity contribution in [3.05, 3.63) is 23.9 Å². The summed E-state index contributed by atoms with van der Waals surface area (Å²) in [6, 6.07) is 0. The van der Waals surface area contributed by atoms with Gasteiger partial charge in [0.05, 0.1) is 11.7 Å². The molecule has 72 valence electrons. The van der Waals surface area contributed by atoms with Crippen LogP contribution in [0.4, 0.5) is 0 Å². The summed E-state index contributed by atoms with van der Waals surface area (Å²) in [4.78, 5) is 10.6. The summed E-state index contributed by atoms with van der Waals surface area (Å²) >= 11 is 0. The number of carboxylic acids is 1. The highest BCUT2D eigenvalue weighted by molar-refractivity contribution is 5.90. The van der Waals surface area contributed by atoms with E-state index in [4.69, 9.17) is 5.11 Å². The molecule has 0 bridgehead atoms. The fourth-order valence-electron chi connectivity index (χ4n) is 1.09. The minimum absolute atomic E-state index is 0.0592. The molecule has 0 saturated carbocycles. The molecule has 0 aromatic rings. The van der Waals surface area contributed by atoms with E-state index in [9.17, 15) is 4.79 Å². The normalized spacial score (nSPS) is 20.7. The van der Waals surface area contributed by atoms with Gasteiger partial charge in [0.25, 0.3) is 0 Å². The number of hydrogen-bond donors (Lipinski definition) is 3. The Morgan fingerprint density at radius 1 is 1.77 bits per heavy atom. The Bertz CT molecular complexity index is 246. The molecule has 0 aromatic heterocycles. The van der Waals surface area contributed by atoms with E-state index in [0.29, 0.717) is 5.57 Å². The number of carboxylic acid groups (broad SMARTS) is 1. The Hall–Kier alpha value is -1.29. The number of rotatable bonds is 4. The molecule has 0 spiro atoms. The highest BCUT2D eigenvalue weighted by atomic mass is 16.4. The van der Waals surface area contributed by atoms with E-state index in [1.807, 2.05) is 0 Å². The van der Waals surface area contributed by atoms with E-state index in [1.165, 1.54) is 0 Å². The third-order valence-electron chi connectivity index (χ3n) is 1.75. The highest BCUT2D eigenvalue weighted by Gasteiger charge is 2.11. The highest BCUT2D eigenvalue weighted by Crippen LogP contribution is 2.03. The zero-order valence-corrected chi connectivity index (χ0v) is 7.58. The van der Waals surface area contributed by atoms with Gasteiger partial charge in [0, 0.05) is 0 Å². The van der Waals surface area contributed by atoms with Gasteiger partial charge in [0.15, 0.2) is 0 Å². The minimum Gasteiger partial charge on any atom is -0.478 e. The number of aliphatic carboxylic acids is 1. The second-order valence-electron chi connectivity index (χ2n) is 2.86. The Morgan fingerprint density at radius 2 is 2.54 bits per heavy atom. The third kappa shape index (κ3) is 2.91. The van der Waals surface area contributed by atoms with Gasteiger partial charge in [-0.2, -0.15) is 0 Å². The van der Waals surface area contributed by atoms with Crippen molar-refractivity contribution >= 4 is 5.97 Å². The van der Waals surface area contributed by atoms with Crippen LogP contribution in [-0.2, 0) is 4.79 Å². The summed E-state index contributed by atoms with van der Waals surface area (Å²) in [5.74, 6) is -0.888. The van der Waals surface area contributed by atoms with Crippen LogP contribution in [-0.4, -0.2) is 23.8 Å². The molecule has 1 rings (SSSR count). The lowest BCUT2D eigenvalue weighted by Gasteiger charge is -2.18. The number of nitrogens with one attached hydrogen (secondary N) is 2. The molecule has 1 heterocycles. The van der Waals surface area contributed by atoms with Crippen molar-refractivity contribution in [2.24, 2.45) is 0 Å². The molecule has 0 fully saturated rings. The average Bonchev–Trinajstić information content (AvgIpc) is 2.15. The summed E-state index contributed by atoms with van der Waals surface area (Å²) in [7, 11) is 0. The van der Waals surface area contributed by atoms with Crippen molar-refractivity contribution in [3.63, 3.8) is 0 Å². The number of dihydropyridines is 1. The third-order valence-corrected chi connectivity index (χ3v) is 1.75. The molecular weight excluding hydrogens is 168 g/mol. The summed E-state index contributed by atoms with van der Waals surface area (Å²) in [6.07, 6.45) is 5.83. The first-order valence-corrected chi connectivity index (χ1v) is 4.35. The second kappa shape index (κ2) is 4.67. The Balaban J connectivity index is 2.51. The van der Waals surface area contributed by atoms with E-state index >= 15 is 0 Å². The summed E-state index contributed by atoms with van der Waals surface area (Å²) in [5.41, 5.74) is 0.326. The van der Waals surface area contributed by atoms with Crippen LogP contribution in [0.2, 0.25) is 0 Å². The van der Waals surface area contributed by atoms with Crippen LogP contribution in [0, 0.1) is 0 Å². The van der Waals surface area contributed by atoms with Crippen LogP contribution in [0.1, 0.15) is 13.3 Å². The fraction of sp³-hybridized carbons (Fsp3) is 0.444. The molecule has 0 radical (unpaired) electrons. The average molecular weight is 182 g/mol. The van der Waals surface area contributed by atoms with Gasteiger partial charge in [-0.15, -0.1) is 0 Å². The fourth-order valence-corrected chi connectivity index (χ4v) is 1.09. The van der Waals surface area contributed by atoms with Crippen molar-refractivity contribution in [2.45, 2.75) is 19.5 Å². The van der Waals surface area contributed by atoms with Crippen molar-refractivity contribution in [3.8, 4) is 0 Å². The standard InChI is InChI=1S/C9H14N2O2/c1-2-4-10-8-6-7(9(12)13)3-5-11-8/h3,5-6,8,10-11H,2,4H2,1H3,(H,12,13). The molecule has 0 aromatic carbocycles. The summed E-state index contributed by atoms with van der Waals surface area (Å²) < 4.78 is 0. The molecular formula is C9H14N2O2. The van der Waals surface area contributed by atoms with Gasteiger partial charge in [0.1, 0.15) is 0 Å². The van der Waals surface area contributed by atoms with E-state index in [-0.39, 0.29) is 6.17 Å². The smallest absolute Gasteiger partial charge is 0.335 e. The quantitative estimate of drug-likeness (QED) is 0.590. The molecule has 3 N–H and O–H groups in total. The molecule has 0 amide bonds. The monoisotopic (exact) mass is 182 g/mol. The zero-order chi connectivity index (χ0) is 9.68. The predicted octanol–water partition coefficient (Wildman–Crippen LogP) is 0.440. The maximum atomic E-state index is 10.6. The molecule has 1 aliphatic rings. The van der Waals surface area contributed by atoms with Crippen molar-refractivity contribution in [2.75, 3.05) is 6.54 Å². The molecule has 1 unspecified atom stereocenters. The maximum absolute atomic E-state index is 10.6.